The van der Waals surface area contributed by atoms with Crippen molar-refractivity contribution in [2.75, 3.05) is 0 Å². The molecular weight excluding hydrogens is 275 g/mol. The Balaban J connectivity index is 2.41. The number of ether oxygens (including phenoxy) is 1. The summed E-state index contributed by atoms with van der Waals surface area (Å²) in [7, 11) is 1.69. The highest BCUT2D eigenvalue weighted by molar-refractivity contribution is 5.86. The van der Waals surface area contributed by atoms with Gasteiger partial charge in [-0.25, -0.2) is 13.9 Å². The number of nitrogens with zero attached hydrogens (tertiary/aromatic N) is 2. The quantitative estimate of drug-likeness (QED) is 0.879. The standard InChI is InChI=1S/C15H15FN2O3/c1-9-8-11(16)4-6-13(9)21-15-12(5-7-14(19)20)10(2)17-18(15)3/h4-8H,1-3H3,(H,19,20)/b7-5+. The van der Waals surface area contributed by atoms with E-state index in [-0.39, 0.29) is 5.82 Å². The van der Waals surface area contributed by atoms with Gasteiger partial charge in [-0.1, -0.05) is 0 Å². The Hall–Kier alpha value is -2.63. The van der Waals surface area contributed by atoms with Crippen LogP contribution in [-0.4, -0.2) is 20.9 Å². The lowest BCUT2D eigenvalue weighted by molar-refractivity contribution is -0.131. The molecule has 0 amide bonds. The van der Waals surface area contributed by atoms with E-state index in [2.05, 4.69) is 5.10 Å². The van der Waals surface area contributed by atoms with Gasteiger partial charge in [0, 0.05) is 13.1 Å². The summed E-state index contributed by atoms with van der Waals surface area (Å²) in [6.45, 7) is 3.49. The second-order valence-electron chi connectivity index (χ2n) is 4.61. The van der Waals surface area contributed by atoms with E-state index in [9.17, 15) is 9.18 Å². The van der Waals surface area contributed by atoms with Crippen molar-refractivity contribution in [2.45, 2.75) is 13.8 Å². The predicted octanol–water partition coefficient (Wildman–Crippen LogP) is 3.07. The highest BCUT2D eigenvalue weighted by Gasteiger charge is 2.14. The Bertz CT molecular complexity index is 720. The van der Waals surface area contributed by atoms with Crippen molar-refractivity contribution in [2.24, 2.45) is 7.05 Å². The van der Waals surface area contributed by atoms with Crippen LogP contribution in [0.3, 0.4) is 0 Å². The van der Waals surface area contributed by atoms with E-state index in [1.807, 2.05) is 0 Å². The lowest BCUT2D eigenvalue weighted by atomic mass is 10.2. The van der Waals surface area contributed by atoms with Gasteiger partial charge in [0.25, 0.3) is 0 Å². The van der Waals surface area contributed by atoms with E-state index < -0.39 is 5.97 Å². The van der Waals surface area contributed by atoms with Gasteiger partial charge in [-0.3, -0.25) is 0 Å². The van der Waals surface area contributed by atoms with Gasteiger partial charge in [0.05, 0.1) is 11.3 Å². The number of hydrogen-bond acceptors (Lipinski definition) is 3. The van der Waals surface area contributed by atoms with Crippen molar-refractivity contribution < 1.29 is 19.0 Å². The second kappa shape index (κ2) is 5.78. The Morgan fingerprint density at radius 2 is 2.14 bits per heavy atom. The Morgan fingerprint density at radius 3 is 2.76 bits per heavy atom. The molecule has 1 heterocycles. The number of carbonyl (C=O) groups is 1. The van der Waals surface area contributed by atoms with Crippen LogP contribution in [0.1, 0.15) is 16.8 Å². The molecule has 110 valence electrons. The average molecular weight is 290 g/mol. The van der Waals surface area contributed by atoms with Crippen molar-refractivity contribution >= 4 is 12.0 Å². The molecule has 0 radical (unpaired) electrons. The van der Waals surface area contributed by atoms with Gasteiger partial charge in [-0.2, -0.15) is 5.10 Å². The van der Waals surface area contributed by atoms with Crippen molar-refractivity contribution in [3.8, 4) is 11.6 Å². The number of aliphatic carboxylic acids is 1. The minimum atomic E-state index is -1.05. The van der Waals surface area contributed by atoms with E-state index in [0.717, 1.165) is 6.08 Å². The number of benzene rings is 1. The molecule has 0 saturated carbocycles. The molecule has 0 aliphatic carbocycles. The van der Waals surface area contributed by atoms with Gasteiger partial charge in [-0.05, 0) is 43.7 Å². The topological polar surface area (TPSA) is 64.3 Å². The largest absolute Gasteiger partial charge is 0.478 e. The molecule has 0 spiro atoms. The minimum Gasteiger partial charge on any atom is -0.478 e. The maximum absolute atomic E-state index is 13.1. The first-order chi connectivity index (χ1) is 9.88. The van der Waals surface area contributed by atoms with Gasteiger partial charge < -0.3 is 9.84 Å². The number of hydrogen-bond donors (Lipinski definition) is 1. The maximum Gasteiger partial charge on any atom is 0.328 e. The first-order valence-corrected chi connectivity index (χ1v) is 6.27. The maximum atomic E-state index is 13.1. The average Bonchev–Trinajstić information content (AvgIpc) is 2.65. The lowest BCUT2D eigenvalue weighted by Gasteiger charge is -2.09. The predicted molar refractivity (Wildman–Crippen MR) is 75.8 cm³/mol. The van der Waals surface area contributed by atoms with E-state index >= 15 is 0 Å². The third kappa shape index (κ3) is 3.28. The molecular formula is C15H15FN2O3. The normalized spacial score (nSPS) is 11.0. The van der Waals surface area contributed by atoms with Gasteiger partial charge in [0.15, 0.2) is 0 Å². The number of halogens is 1. The molecule has 0 atom stereocenters. The molecule has 0 fully saturated rings. The molecule has 0 aliphatic rings. The third-order valence-electron chi connectivity index (χ3n) is 2.95. The van der Waals surface area contributed by atoms with Crippen LogP contribution in [0.25, 0.3) is 6.08 Å². The van der Waals surface area contributed by atoms with Crippen LogP contribution in [0.2, 0.25) is 0 Å². The molecule has 1 aromatic carbocycles. The molecule has 1 aromatic heterocycles. The van der Waals surface area contributed by atoms with Crippen LogP contribution in [-0.2, 0) is 11.8 Å². The fraction of sp³-hybridized carbons (Fsp3) is 0.200. The summed E-state index contributed by atoms with van der Waals surface area (Å²) in [5.74, 6) is -0.502. The first-order valence-electron chi connectivity index (χ1n) is 6.27. The summed E-state index contributed by atoms with van der Waals surface area (Å²) in [5.41, 5.74) is 1.86. The van der Waals surface area contributed by atoms with Crippen molar-refractivity contribution in [1.82, 2.24) is 9.78 Å². The molecule has 0 saturated heterocycles. The highest BCUT2D eigenvalue weighted by atomic mass is 19.1. The van der Waals surface area contributed by atoms with Crippen LogP contribution in [0.5, 0.6) is 11.6 Å². The summed E-state index contributed by atoms with van der Waals surface area (Å²) in [6.07, 6.45) is 2.45. The van der Waals surface area contributed by atoms with Crippen LogP contribution in [0, 0.1) is 19.7 Å². The smallest absolute Gasteiger partial charge is 0.328 e. The molecule has 6 heteroatoms. The Morgan fingerprint density at radius 1 is 1.43 bits per heavy atom. The summed E-state index contributed by atoms with van der Waals surface area (Å²) >= 11 is 0. The van der Waals surface area contributed by atoms with Crippen LogP contribution >= 0.6 is 0 Å². The minimum absolute atomic E-state index is 0.341. The molecule has 0 bridgehead atoms. The first kappa shape index (κ1) is 14.8. The zero-order valence-electron chi connectivity index (χ0n) is 11.9. The third-order valence-corrected chi connectivity index (χ3v) is 2.95. The molecule has 2 aromatic rings. The molecule has 5 nitrogen and oxygen atoms in total. The van der Waals surface area contributed by atoms with Crippen molar-refractivity contribution in [1.29, 1.82) is 0 Å². The number of aromatic nitrogens is 2. The highest BCUT2D eigenvalue weighted by Crippen LogP contribution is 2.30. The van der Waals surface area contributed by atoms with Crippen LogP contribution < -0.4 is 4.74 Å². The van der Waals surface area contributed by atoms with Crippen LogP contribution in [0.4, 0.5) is 4.39 Å². The molecule has 1 N–H and O–H groups in total. The summed E-state index contributed by atoms with van der Waals surface area (Å²) in [4.78, 5) is 10.7. The van der Waals surface area contributed by atoms with E-state index in [0.29, 0.717) is 28.5 Å². The zero-order valence-corrected chi connectivity index (χ0v) is 11.9. The van der Waals surface area contributed by atoms with Gasteiger partial charge >= 0.3 is 5.97 Å². The molecule has 21 heavy (non-hydrogen) atoms. The molecule has 0 unspecified atom stereocenters. The van der Waals surface area contributed by atoms with Gasteiger partial charge in [-0.15, -0.1) is 0 Å². The number of carboxylic acid groups (broad SMARTS) is 1. The van der Waals surface area contributed by atoms with E-state index in [1.165, 1.54) is 29.0 Å². The summed E-state index contributed by atoms with van der Waals surface area (Å²) in [6, 6.07) is 4.20. The fourth-order valence-corrected chi connectivity index (χ4v) is 1.95. The summed E-state index contributed by atoms with van der Waals surface area (Å²) in [5, 5.41) is 12.9. The van der Waals surface area contributed by atoms with Crippen molar-refractivity contribution in [3.05, 3.63) is 46.9 Å². The SMILES string of the molecule is Cc1cc(F)ccc1Oc1c(/C=C/C(=O)O)c(C)nn1C. The Kier molecular flexibility index (Phi) is 4.07. The molecule has 2 rings (SSSR count). The van der Waals surface area contributed by atoms with E-state index in [1.54, 1.807) is 20.9 Å². The zero-order chi connectivity index (χ0) is 15.6. The lowest BCUT2D eigenvalue weighted by Crippen LogP contribution is -1.97. The van der Waals surface area contributed by atoms with Gasteiger partial charge in [0.2, 0.25) is 5.88 Å². The fourth-order valence-electron chi connectivity index (χ4n) is 1.95. The van der Waals surface area contributed by atoms with Gasteiger partial charge in [0.1, 0.15) is 11.6 Å². The Labute approximate surface area is 121 Å². The summed E-state index contributed by atoms with van der Waals surface area (Å²) < 4.78 is 20.4. The molecule has 0 aliphatic heterocycles. The number of carboxylic acids is 1. The van der Waals surface area contributed by atoms with E-state index in [4.69, 9.17) is 9.84 Å². The number of aryl methyl sites for hydroxylation is 3. The number of rotatable bonds is 4. The monoisotopic (exact) mass is 290 g/mol. The second-order valence-corrected chi connectivity index (χ2v) is 4.61. The van der Waals surface area contributed by atoms with Crippen molar-refractivity contribution in [3.63, 3.8) is 0 Å². The van der Waals surface area contributed by atoms with Crippen LogP contribution in [0.15, 0.2) is 24.3 Å².